The van der Waals surface area contributed by atoms with Crippen LogP contribution < -0.4 is 0 Å². The van der Waals surface area contributed by atoms with Crippen molar-refractivity contribution in [3.8, 4) is 0 Å². The first-order chi connectivity index (χ1) is 29.8. The number of carbonyl (C=O) groups is 2. The lowest BCUT2D eigenvalue weighted by molar-refractivity contribution is -0.143. The third-order valence-corrected chi connectivity index (χ3v) is 17.1. The number of aliphatic hydroxyl groups is 1. The molecule has 6 aliphatic carbocycles. The number of ether oxygens (including phenoxy) is 2. The number of hydrogen-bond acceptors (Lipinski definition) is 5. The second-order valence-corrected chi connectivity index (χ2v) is 20.8. The Kier molecular flexibility index (Phi) is 25.4. The third-order valence-electron chi connectivity index (χ3n) is 17.1. The molecule has 348 valence electrons. The van der Waals surface area contributed by atoms with Crippen molar-refractivity contribution in [2.75, 3.05) is 19.8 Å². The van der Waals surface area contributed by atoms with E-state index in [-0.39, 0.29) is 11.9 Å². The van der Waals surface area contributed by atoms with Gasteiger partial charge in [-0.25, -0.2) is 4.79 Å². The molecule has 0 bridgehead atoms. The van der Waals surface area contributed by atoms with Crippen molar-refractivity contribution in [3.63, 3.8) is 0 Å². The normalized spacial score (nSPS) is 34.1. The van der Waals surface area contributed by atoms with Crippen molar-refractivity contribution in [2.24, 2.45) is 71.0 Å². The minimum absolute atomic E-state index is 0.0117. The summed E-state index contributed by atoms with van der Waals surface area (Å²) in [5, 5.41) is 8.89. The van der Waals surface area contributed by atoms with Crippen LogP contribution in [0.1, 0.15) is 200 Å². The highest BCUT2D eigenvalue weighted by molar-refractivity contribution is 5.81. The second kappa shape index (κ2) is 30.1. The average molecular weight is 847 g/mol. The Hall–Kier alpha value is -2.14. The van der Waals surface area contributed by atoms with Crippen LogP contribution in [-0.4, -0.2) is 36.9 Å². The van der Waals surface area contributed by atoms with Gasteiger partial charge in [-0.2, -0.15) is 0 Å². The van der Waals surface area contributed by atoms with Crippen LogP contribution in [0.25, 0.3) is 0 Å². The van der Waals surface area contributed by atoms with Gasteiger partial charge >= 0.3 is 11.9 Å². The molecule has 6 rings (SSSR count). The average Bonchev–Trinajstić information content (AvgIpc) is 3.32. The zero-order valence-corrected chi connectivity index (χ0v) is 39.5. The van der Waals surface area contributed by atoms with Gasteiger partial charge in [0.25, 0.3) is 0 Å². The Balaban J connectivity index is 0.000000202. The summed E-state index contributed by atoms with van der Waals surface area (Å²) < 4.78 is 10.1. The van der Waals surface area contributed by atoms with Crippen molar-refractivity contribution in [2.45, 2.75) is 200 Å². The summed E-state index contributed by atoms with van der Waals surface area (Å²) in [5.41, 5.74) is 0. The molecule has 6 aliphatic rings. The summed E-state index contributed by atoms with van der Waals surface area (Å²) >= 11 is 0. The number of esters is 2. The lowest BCUT2D eigenvalue weighted by Gasteiger charge is -2.37. The van der Waals surface area contributed by atoms with E-state index in [1.807, 2.05) is 6.92 Å². The van der Waals surface area contributed by atoms with Gasteiger partial charge in [0.15, 0.2) is 0 Å². The quantitative estimate of drug-likeness (QED) is 0.0644. The van der Waals surface area contributed by atoms with E-state index >= 15 is 0 Å². The van der Waals surface area contributed by atoms with E-state index in [4.69, 9.17) is 14.6 Å². The fourth-order valence-electron chi connectivity index (χ4n) is 12.9. The van der Waals surface area contributed by atoms with Crippen molar-refractivity contribution < 1.29 is 24.2 Å². The highest BCUT2D eigenvalue weighted by atomic mass is 16.5. The summed E-state index contributed by atoms with van der Waals surface area (Å²) in [7, 11) is 0. The minimum atomic E-state index is -0.293. The van der Waals surface area contributed by atoms with Crippen LogP contribution in [0.3, 0.4) is 0 Å². The molecule has 6 fully saturated rings. The molecule has 5 nitrogen and oxygen atoms in total. The molecule has 0 aromatic heterocycles. The minimum Gasteiger partial charge on any atom is -0.466 e. The molecule has 61 heavy (non-hydrogen) atoms. The van der Waals surface area contributed by atoms with Crippen molar-refractivity contribution in [1.29, 1.82) is 0 Å². The Bertz CT molecular complexity index is 1210. The molecule has 0 amide bonds. The van der Waals surface area contributed by atoms with Gasteiger partial charge in [-0.3, -0.25) is 4.79 Å². The largest absolute Gasteiger partial charge is 0.466 e. The molecular formula is C56H94O5. The summed E-state index contributed by atoms with van der Waals surface area (Å²) in [6.07, 6.45) is 47.4. The highest BCUT2D eigenvalue weighted by Gasteiger charge is 2.33. The maximum atomic E-state index is 11.4. The Morgan fingerprint density at radius 3 is 1.11 bits per heavy atom. The highest BCUT2D eigenvalue weighted by Crippen LogP contribution is 2.45. The predicted octanol–water partition coefficient (Wildman–Crippen LogP) is 15.0. The molecule has 5 heteroatoms. The molecule has 6 saturated carbocycles. The Morgan fingerprint density at radius 1 is 0.475 bits per heavy atom. The van der Waals surface area contributed by atoms with E-state index in [9.17, 15) is 9.59 Å². The molecule has 0 atom stereocenters. The number of rotatable bonds is 18. The van der Waals surface area contributed by atoms with Crippen LogP contribution in [0.5, 0.6) is 0 Å². The summed E-state index contributed by atoms with van der Waals surface area (Å²) in [6.45, 7) is 18.6. The second-order valence-electron chi connectivity index (χ2n) is 20.8. The number of allylic oxidation sites excluding steroid dienone is 3. The van der Waals surface area contributed by atoms with Crippen LogP contribution in [0.4, 0.5) is 0 Å². The van der Waals surface area contributed by atoms with Gasteiger partial charge in [0.2, 0.25) is 0 Å². The Labute approximate surface area is 375 Å². The molecule has 1 N–H and O–H groups in total. The molecule has 0 heterocycles. The zero-order chi connectivity index (χ0) is 43.7. The van der Waals surface area contributed by atoms with E-state index in [0.29, 0.717) is 26.2 Å². The molecule has 0 saturated heterocycles. The maximum absolute atomic E-state index is 11.4. The Morgan fingerprint density at radius 2 is 0.803 bits per heavy atom. The van der Waals surface area contributed by atoms with Crippen LogP contribution in [-0.2, 0) is 19.1 Å². The first-order valence-corrected chi connectivity index (χ1v) is 26.2. The fraction of sp³-hybridized carbons (Fsp3) is 0.821. The predicted molar refractivity (Wildman–Crippen MR) is 256 cm³/mol. The van der Waals surface area contributed by atoms with Gasteiger partial charge in [0.05, 0.1) is 13.2 Å². The lowest BCUT2D eigenvalue weighted by Crippen LogP contribution is -2.25. The maximum Gasteiger partial charge on any atom is 0.330 e. The lowest BCUT2D eigenvalue weighted by atomic mass is 9.69. The molecular weight excluding hydrogens is 753 g/mol. The number of carbonyl (C=O) groups excluding carboxylic acids is 2. The van der Waals surface area contributed by atoms with Crippen molar-refractivity contribution in [1.82, 2.24) is 0 Å². The smallest absolute Gasteiger partial charge is 0.330 e. The molecule has 0 spiro atoms. The monoisotopic (exact) mass is 847 g/mol. The van der Waals surface area contributed by atoms with Crippen LogP contribution in [0.15, 0.2) is 50.6 Å². The van der Waals surface area contributed by atoms with E-state index in [0.717, 1.165) is 90.3 Å². The SMILES string of the molecule is C=CC(=O)OCCCC1CCC(C2CCC(C=C)CC2)CC1.C=CC1CCC(C2CCC(CCC(=O)OCC)CC2)CC1.C=CC1CCC(C2CCC(CCCO)CC2)CC1. The first kappa shape index (κ1) is 51.5. The van der Waals surface area contributed by atoms with Gasteiger partial charge in [-0.1, -0.05) is 63.3 Å². The van der Waals surface area contributed by atoms with Crippen LogP contribution in [0.2, 0.25) is 0 Å². The van der Waals surface area contributed by atoms with Gasteiger partial charge in [-0.05, 0) is 226 Å². The molecule has 0 aromatic carbocycles. The van der Waals surface area contributed by atoms with E-state index in [1.165, 1.54) is 173 Å². The van der Waals surface area contributed by atoms with E-state index in [2.05, 4.69) is 44.5 Å². The summed E-state index contributed by atoms with van der Waals surface area (Å²) in [6, 6.07) is 0. The van der Waals surface area contributed by atoms with Crippen LogP contribution in [0, 0.1) is 71.0 Å². The van der Waals surface area contributed by atoms with E-state index < -0.39 is 0 Å². The van der Waals surface area contributed by atoms with Crippen molar-refractivity contribution >= 4 is 11.9 Å². The third kappa shape index (κ3) is 19.2. The molecule has 0 radical (unpaired) electrons. The first-order valence-electron chi connectivity index (χ1n) is 26.2. The molecule has 0 unspecified atom stereocenters. The number of aliphatic hydroxyl groups excluding tert-OH is 1. The summed E-state index contributed by atoms with van der Waals surface area (Å²) in [4.78, 5) is 22.4. The molecule has 0 aliphatic heterocycles. The summed E-state index contributed by atoms with van der Waals surface area (Å²) in [5.74, 6) is 10.5. The van der Waals surface area contributed by atoms with Crippen molar-refractivity contribution in [3.05, 3.63) is 50.6 Å². The molecule has 0 aromatic rings. The van der Waals surface area contributed by atoms with E-state index in [1.54, 1.807) is 0 Å². The van der Waals surface area contributed by atoms with Crippen LogP contribution >= 0.6 is 0 Å². The standard InChI is InChI=1S/C20H32O2.C19H32O2.C17H30O/c1-3-16-7-11-18(12-8-16)19-13-9-17(10-14-19)6-5-15-22-20(21)4-2;1-3-15-5-10-17(11-6-15)18-12-7-16(8-13-18)9-14-19(20)21-4-2;1-2-14-5-9-16(10-6-14)17-11-7-15(8-12-17)4-3-13-18/h3-4,16-19H,1-2,5-15H2;3,15-18H,1,4-14H2,2H3;2,14-18H,1,3-13H2. The number of hydrogen-bond donors (Lipinski definition) is 1. The van der Waals surface area contributed by atoms with Gasteiger partial charge < -0.3 is 14.6 Å². The fourth-order valence-corrected chi connectivity index (χ4v) is 12.9. The zero-order valence-electron chi connectivity index (χ0n) is 39.5. The topological polar surface area (TPSA) is 72.8 Å². The van der Waals surface area contributed by atoms with Gasteiger partial charge in [-0.15, -0.1) is 19.7 Å². The van der Waals surface area contributed by atoms with Gasteiger partial charge in [0, 0.05) is 19.1 Å². The van der Waals surface area contributed by atoms with Gasteiger partial charge in [0.1, 0.15) is 0 Å².